The van der Waals surface area contributed by atoms with Crippen molar-refractivity contribution in [3.05, 3.63) is 35.9 Å². The van der Waals surface area contributed by atoms with E-state index in [1.54, 1.807) is 0 Å². The first-order chi connectivity index (χ1) is 11.2. The summed E-state index contributed by atoms with van der Waals surface area (Å²) in [5.41, 5.74) is 1.10. The SMILES string of the molecule is CN1CC[C@@H](N2CC(c3ccccc3)(C3CCCC3)NC2=O)C1. The van der Waals surface area contributed by atoms with E-state index in [1.165, 1.54) is 31.2 Å². The monoisotopic (exact) mass is 313 g/mol. The maximum Gasteiger partial charge on any atom is 0.318 e. The number of hydrogen-bond acceptors (Lipinski definition) is 2. The second-order valence-electron chi connectivity index (χ2n) is 7.58. The van der Waals surface area contributed by atoms with Gasteiger partial charge >= 0.3 is 6.03 Å². The highest BCUT2D eigenvalue weighted by atomic mass is 16.2. The van der Waals surface area contributed by atoms with Crippen molar-refractivity contribution in [1.82, 2.24) is 15.1 Å². The summed E-state index contributed by atoms with van der Waals surface area (Å²) in [5.74, 6) is 0.568. The van der Waals surface area contributed by atoms with Crippen LogP contribution in [0.5, 0.6) is 0 Å². The Labute approximate surface area is 138 Å². The molecule has 124 valence electrons. The van der Waals surface area contributed by atoms with E-state index in [2.05, 4.69) is 52.5 Å². The van der Waals surface area contributed by atoms with E-state index in [0.29, 0.717) is 12.0 Å². The Balaban J connectivity index is 1.66. The normalized spacial score (nSPS) is 32.7. The Bertz CT molecular complexity index is 569. The Morgan fingerprint density at radius 3 is 2.52 bits per heavy atom. The van der Waals surface area contributed by atoms with Gasteiger partial charge in [0.2, 0.25) is 0 Å². The molecule has 4 heteroatoms. The molecule has 2 saturated heterocycles. The minimum Gasteiger partial charge on any atom is -0.326 e. The summed E-state index contributed by atoms with van der Waals surface area (Å²) < 4.78 is 0. The van der Waals surface area contributed by atoms with E-state index in [-0.39, 0.29) is 11.6 Å². The van der Waals surface area contributed by atoms with Gasteiger partial charge in [-0.25, -0.2) is 4.79 Å². The summed E-state index contributed by atoms with van der Waals surface area (Å²) in [6.07, 6.45) is 6.14. The van der Waals surface area contributed by atoms with E-state index in [1.807, 2.05) is 0 Å². The van der Waals surface area contributed by atoms with Crippen LogP contribution in [0, 0.1) is 5.92 Å². The molecule has 3 fully saturated rings. The molecule has 2 atom stereocenters. The molecule has 1 saturated carbocycles. The van der Waals surface area contributed by atoms with Crippen LogP contribution in [0.1, 0.15) is 37.7 Å². The Morgan fingerprint density at radius 1 is 1.13 bits per heavy atom. The lowest BCUT2D eigenvalue weighted by Crippen LogP contribution is -2.46. The van der Waals surface area contributed by atoms with Gasteiger partial charge in [-0.2, -0.15) is 0 Å². The van der Waals surface area contributed by atoms with Gasteiger partial charge in [0.05, 0.1) is 12.1 Å². The first-order valence-corrected chi connectivity index (χ1v) is 9.02. The number of carbonyl (C=O) groups excluding carboxylic acids is 1. The fraction of sp³-hybridized carbons (Fsp3) is 0.632. The van der Waals surface area contributed by atoms with Crippen LogP contribution in [-0.2, 0) is 5.54 Å². The van der Waals surface area contributed by atoms with Gasteiger partial charge in [-0.15, -0.1) is 0 Å². The lowest BCUT2D eigenvalue weighted by atomic mass is 9.77. The van der Waals surface area contributed by atoms with Crippen molar-refractivity contribution < 1.29 is 4.79 Å². The predicted octanol–water partition coefficient (Wildman–Crippen LogP) is 2.80. The van der Waals surface area contributed by atoms with Crippen LogP contribution in [0.2, 0.25) is 0 Å². The van der Waals surface area contributed by atoms with Gasteiger partial charge in [-0.1, -0.05) is 43.2 Å². The summed E-state index contributed by atoms with van der Waals surface area (Å²) in [6, 6.07) is 11.2. The first-order valence-electron chi connectivity index (χ1n) is 9.02. The fourth-order valence-corrected chi connectivity index (χ4v) is 4.89. The lowest BCUT2D eigenvalue weighted by Gasteiger charge is -2.36. The zero-order valence-corrected chi connectivity index (χ0v) is 14.0. The zero-order valence-electron chi connectivity index (χ0n) is 14.0. The van der Waals surface area contributed by atoms with E-state index in [9.17, 15) is 4.79 Å². The van der Waals surface area contributed by atoms with Crippen LogP contribution in [0.4, 0.5) is 4.79 Å². The molecule has 2 heterocycles. The number of benzene rings is 1. The standard InChI is InChI=1S/C19H27N3O/c1-21-12-11-17(13-21)22-14-19(20-18(22)23,16-9-5-6-10-16)15-7-3-2-4-8-15/h2-4,7-8,16-17H,5-6,9-14H2,1H3,(H,20,23)/t17-,19?/m1/s1. The molecule has 0 radical (unpaired) electrons. The van der Waals surface area contributed by atoms with Crippen LogP contribution >= 0.6 is 0 Å². The first kappa shape index (κ1) is 15.0. The van der Waals surface area contributed by atoms with E-state index >= 15 is 0 Å². The zero-order chi connectivity index (χ0) is 15.9. The lowest BCUT2D eigenvalue weighted by molar-refractivity contribution is 0.190. The molecular weight excluding hydrogens is 286 g/mol. The quantitative estimate of drug-likeness (QED) is 0.931. The molecule has 2 amide bonds. The third kappa shape index (κ3) is 2.53. The minimum atomic E-state index is -0.185. The van der Waals surface area contributed by atoms with E-state index in [0.717, 1.165) is 26.1 Å². The highest BCUT2D eigenvalue weighted by Crippen LogP contribution is 2.44. The van der Waals surface area contributed by atoms with Crippen LogP contribution in [0.3, 0.4) is 0 Å². The summed E-state index contributed by atoms with van der Waals surface area (Å²) in [4.78, 5) is 17.3. The van der Waals surface area contributed by atoms with E-state index in [4.69, 9.17) is 0 Å². The smallest absolute Gasteiger partial charge is 0.318 e. The van der Waals surface area contributed by atoms with Crippen molar-refractivity contribution in [1.29, 1.82) is 0 Å². The summed E-state index contributed by atoms with van der Waals surface area (Å²) in [7, 11) is 2.15. The van der Waals surface area contributed by atoms with Gasteiger partial charge in [-0.3, -0.25) is 0 Å². The Kier molecular flexibility index (Phi) is 3.80. The number of rotatable bonds is 3. The van der Waals surface area contributed by atoms with Gasteiger partial charge in [0.1, 0.15) is 0 Å². The Hall–Kier alpha value is -1.55. The number of likely N-dealkylation sites (N-methyl/N-ethyl adjacent to an activating group) is 1. The third-order valence-electron chi connectivity index (χ3n) is 6.16. The second-order valence-corrected chi connectivity index (χ2v) is 7.58. The van der Waals surface area contributed by atoms with Gasteiger partial charge in [0.25, 0.3) is 0 Å². The molecule has 1 aromatic rings. The highest BCUT2D eigenvalue weighted by molar-refractivity contribution is 5.79. The number of amides is 2. The van der Waals surface area contributed by atoms with E-state index < -0.39 is 0 Å². The van der Waals surface area contributed by atoms with Crippen molar-refractivity contribution in [3.63, 3.8) is 0 Å². The third-order valence-corrected chi connectivity index (χ3v) is 6.16. The highest BCUT2D eigenvalue weighted by Gasteiger charge is 2.51. The Morgan fingerprint density at radius 2 is 1.87 bits per heavy atom. The molecular formula is C19H27N3O. The molecule has 1 N–H and O–H groups in total. The number of nitrogens with one attached hydrogen (secondary N) is 1. The van der Waals surface area contributed by atoms with Crippen molar-refractivity contribution in [2.24, 2.45) is 5.92 Å². The number of nitrogens with zero attached hydrogens (tertiary/aromatic N) is 2. The van der Waals surface area contributed by atoms with Gasteiger partial charge < -0.3 is 15.1 Å². The number of urea groups is 1. The molecule has 0 bridgehead atoms. The molecule has 4 rings (SSSR count). The molecule has 1 aromatic carbocycles. The van der Waals surface area contributed by atoms with Crippen LogP contribution < -0.4 is 5.32 Å². The summed E-state index contributed by atoms with van der Waals surface area (Å²) in [5, 5.41) is 3.44. The topological polar surface area (TPSA) is 35.6 Å². The molecule has 1 aliphatic carbocycles. The second kappa shape index (κ2) is 5.82. The van der Waals surface area contributed by atoms with Crippen molar-refractivity contribution in [2.45, 2.75) is 43.7 Å². The number of hydrogen-bond donors (Lipinski definition) is 1. The van der Waals surface area contributed by atoms with Gasteiger partial charge in [-0.05, 0) is 44.3 Å². The molecule has 3 aliphatic rings. The molecule has 0 aromatic heterocycles. The largest absolute Gasteiger partial charge is 0.326 e. The molecule has 1 unspecified atom stereocenters. The minimum absolute atomic E-state index is 0.140. The molecule has 23 heavy (non-hydrogen) atoms. The van der Waals surface area contributed by atoms with Gasteiger partial charge in [0, 0.05) is 12.6 Å². The maximum absolute atomic E-state index is 12.8. The molecule has 0 spiro atoms. The van der Waals surface area contributed by atoms with Crippen molar-refractivity contribution in [3.8, 4) is 0 Å². The van der Waals surface area contributed by atoms with Crippen LogP contribution in [-0.4, -0.2) is 48.6 Å². The van der Waals surface area contributed by atoms with Gasteiger partial charge in [0.15, 0.2) is 0 Å². The number of likely N-dealkylation sites (tertiary alicyclic amines) is 1. The number of carbonyl (C=O) groups is 1. The summed E-state index contributed by atoms with van der Waals surface area (Å²) in [6.45, 7) is 2.93. The maximum atomic E-state index is 12.8. The summed E-state index contributed by atoms with van der Waals surface area (Å²) >= 11 is 0. The van der Waals surface area contributed by atoms with Crippen LogP contribution in [0.25, 0.3) is 0 Å². The average molecular weight is 313 g/mol. The fourth-order valence-electron chi connectivity index (χ4n) is 4.89. The van der Waals surface area contributed by atoms with Crippen molar-refractivity contribution >= 4 is 6.03 Å². The predicted molar refractivity (Wildman–Crippen MR) is 91.2 cm³/mol. The van der Waals surface area contributed by atoms with Crippen molar-refractivity contribution in [2.75, 3.05) is 26.7 Å². The van der Waals surface area contributed by atoms with Crippen LogP contribution in [0.15, 0.2) is 30.3 Å². The molecule has 4 nitrogen and oxygen atoms in total. The molecule has 2 aliphatic heterocycles. The average Bonchev–Trinajstić information content (AvgIpc) is 3.28.